The van der Waals surface area contributed by atoms with Crippen LogP contribution in [0.2, 0.25) is 5.02 Å². The van der Waals surface area contributed by atoms with Crippen LogP contribution in [0.1, 0.15) is 22.9 Å². The summed E-state index contributed by atoms with van der Waals surface area (Å²) in [7, 11) is 0. The van der Waals surface area contributed by atoms with Crippen LogP contribution in [0.25, 0.3) is 17.3 Å². The molecule has 130 valence electrons. The standard InChI is InChI=1S/C20H15ClN2OS2/c1-11-6-7-17-16(8-11)15(12(2)22-17)10-18-19(24)23(20(25)26-18)14-5-3-4-13(21)9-14/h3-10,24H,1-2H3/b15-10-. The number of allylic oxidation sites excluding steroid dienone is 1. The smallest absolute Gasteiger partial charge is 0.215 e. The monoisotopic (exact) mass is 398 g/mol. The van der Waals surface area contributed by atoms with Crippen molar-refractivity contribution in [1.29, 1.82) is 0 Å². The molecule has 0 bridgehead atoms. The Kier molecular flexibility index (Phi) is 4.31. The maximum absolute atomic E-state index is 10.8. The third kappa shape index (κ3) is 2.92. The molecular weight excluding hydrogens is 384 g/mol. The molecule has 4 rings (SSSR count). The number of nitrogens with zero attached hydrogens (tertiary/aromatic N) is 2. The highest BCUT2D eigenvalue weighted by Gasteiger charge is 2.20. The minimum absolute atomic E-state index is 0.115. The summed E-state index contributed by atoms with van der Waals surface area (Å²) in [5.41, 5.74) is 5.89. The second kappa shape index (κ2) is 6.50. The fourth-order valence-corrected chi connectivity index (χ4v) is 4.51. The highest BCUT2D eigenvalue weighted by atomic mass is 35.5. The quantitative estimate of drug-likeness (QED) is 0.495. The van der Waals surface area contributed by atoms with E-state index in [0.29, 0.717) is 13.9 Å². The lowest BCUT2D eigenvalue weighted by atomic mass is 10.0. The number of benzene rings is 2. The SMILES string of the molecule is CC1=Nc2ccc(C)cc2/C1=C\c1sc(=S)n(-c2cccc(Cl)c2)c1O. The molecule has 1 aliphatic rings. The molecule has 3 nitrogen and oxygen atoms in total. The Bertz CT molecular complexity index is 1150. The molecule has 0 unspecified atom stereocenters. The summed E-state index contributed by atoms with van der Waals surface area (Å²) in [5.74, 6) is 0.115. The van der Waals surface area contributed by atoms with Crippen molar-refractivity contribution in [3.63, 3.8) is 0 Å². The molecule has 26 heavy (non-hydrogen) atoms. The van der Waals surface area contributed by atoms with Crippen molar-refractivity contribution in [2.45, 2.75) is 13.8 Å². The largest absolute Gasteiger partial charge is 0.493 e. The van der Waals surface area contributed by atoms with Gasteiger partial charge in [-0.3, -0.25) is 9.56 Å². The third-order valence-corrected chi connectivity index (χ3v) is 5.82. The van der Waals surface area contributed by atoms with Gasteiger partial charge in [-0.15, -0.1) is 11.3 Å². The minimum atomic E-state index is 0.115. The van der Waals surface area contributed by atoms with Gasteiger partial charge in [0.25, 0.3) is 0 Å². The van der Waals surface area contributed by atoms with Gasteiger partial charge in [0.2, 0.25) is 5.88 Å². The summed E-state index contributed by atoms with van der Waals surface area (Å²) in [6.07, 6.45) is 1.96. The average molecular weight is 399 g/mol. The summed E-state index contributed by atoms with van der Waals surface area (Å²) >= 11 is 12.9. The lowest BCUT2D eigenvalue weighted by Gasteiger charge is -2.06. The number of aryl methyl sites for hydroxylation is 1. The predicted molar refractivity (Wildman–Crippen MR) is 113 cm³/mol. The van der Waals surface area contributed by atoms with E-state index in [-0.39, 0.29) is 5.88 Å². The number of aliphatic imine (C=N–C) groups is 1. The van der Waals surface area contributed by atoms with Gasteiger partial charge >= 0.3 is 0 Å². The highest BCUT2D eigenvalue weighted by molar-refractivity contribution is 7.73. The topological polar surface area (TPSA) is 37.5 Å². The Morgan fingerprint density at radius 1 is 1.19 bits per heavy atom. The molecule has 3 aromatic rings. The molecule has 6 heteroatoms. The van der Waals surface area contributed by atoms with Crippen molar-refractivity contribution in [2.75, 3.05) is 0 Å². The summed E-state index contributed by atoms with van der Waals surface area (Å²) in [5, 5.41) is 11.4. The minimum Gasteiger partial charge on any atom is -0.493 e. The summed E-state index contributed by atoms with van der Waals surface area (Å²) in [4.78, 5) is 5.32. The molecule has 0 aliphatic carbocycles. The van der Waals surface area contributed by atoms with E-state index in [1.54, 1.807) is 16.7 Å². The maximum Gasteiger partial charge on any atom is 0.215 e. The molecule has 0 fully saturated rings. The van der Waals surface area contributed by atoms with Gasteiger partial charge in [0, 0.05) is 21.9 Å². The molecule has 0 spiro atoms. The van der Waals surface area contributed by atoms with Crippen LogP contribution < -0.4 is 0 Å². The molecule has 2 heterocycles. The number of aromatic nitrogens is 1. The van der Waals surface area contributed by atoms with E-state index in [0.717, 1.165) is 28.2 Å². The Labute approximate surface area is 165 Å². The van der Waals surface area contributed by atoms with Crippen molar-refractivity contribution >= 4 is 58.2 Å². The molecule has 0 radical (unpaired) electrons. The van der Waals surface area contributed by atoms with Crippen LogP contribution in [0, 0.1) is 10.9 Å². The van der Waals surface area contributed by atoms with E-state index in [2.05, 4.69) is 24.0 Å². The van der Waals surface area contributed by atoms with Crippen molar-refractivity contribution < 1.29 is 5.11 Å². The Morgan fingerprint density at radius 2 is 2.00 bits per heavy atom. The summed E-state index contributed by atoms with van der Waals surface area (Å²) < 4.78 is 2.20. The Hall–Kier alpha value is -2.21. The van der Waals surface area contributed by atoms with Crippen molar-refractivity contribution in [3.05, 3.63) is 67.4 Å². The van der Waals surface area contributed by atoms with E-state index in [1.165, 1.54) is 16.9 Å². The van der Waals surface area contributed by atoms with Gasteiger partial charge in [-0.05, 0) is 62.5 Å². The molecule has 1 aromatic heterocycles. The number of aromatic hydroxyl groups is 1. The second-order valence-corrected chi connectivity index (χ2v) is 8.26. The van der Waals surface area contributed by atoms with Crippen LogP contribution in [0.5, 0.6) is 5.88 Å². The van der Waals surface area contributed by atoms with Crippen molar-refractivity contribution in [1.82, 2.24) is 4.57 Å². The zero-order valence-corrected chi connectivity index (χ0v) is 16.5. The molecule has 0 saturated carbocycles. The fourth-order valence-electron chi connectivity index (χ4n) is 3.03. The third-order valence-electron chi connectivity index (χ3n) is 4.27. The molecule has 1 aliphatic heterocycles. The number of rotatable bonds is 2. The molecule has 0 atom stereocenters. The van der Waals surface area contributed by atoms with Crippen LogP contribution in [0.3, 0.4) is 0 Å². The van der Waals surface area contributed by atoms with Gasteiger partial charge < -0.3 is 5.11 Å². The van der Waals surface area contributed by atoms with Crippen molar-refractivity contribution in [2.24, 2.45) is 4.99 Å². The van der Waals surface area contributed by atoms with E-state index in [1.807, 2.05) is 31.2 Å². The number of fused-ring (bicyclic) bond motifs is 1. The Morgan fingerprint density at radius 3 is 2.77 bits per heavy atom. The van der Waals surface area contributed by atoms with E-state index in [9.17, 15) is 5.11 Å². The van der Waals surface area contributed by atoms with Gasteiger partial charge in [-0.2, -0.15) is 0 Å². The molecule has 0 amide bonds. The van der Waals surface area contributed by atoms with Gasteiger partial charge in [-0.1, -0.05) is 29.3 Å². The van der Waals surface area contributed by atoms with Gasteiger partial charge in [0.15, 0.2) is 3.95 Å². The van der Waals surface area contributed by atoms with E-state index < -0.39 is 0 Å². The number of thiazole rings is 1. The van der Waals surface area contributed by atoms with E-state index >= 15 is 0 Å². The van der Waals surface area contributed by atoms with Crippen molar-refractivity contribution in [3.8, 4) is 11.6 Å². The number of hydrogen-bond acceptors (Lipinski definition) is 4. The zero-order valence-electron chi connectivity index (χ0n) is 14.2. The van der Waals surface area contributed by atoms with Crippen LogP contribution in [0.4, 0.5) is 5.69 Å². The Balaban J connectivity index is 1.86. The van der Waals surface area contributed by atoms with Crippen LogP contribution in [-0.4, -0.2) is 15.4 Å². The fraction of sp³-hybridized carbons (Fsp3) is 0.100. The number of halogens is 1. The number of hydrogen-bond donors (Lipinski definition) is 1. The van der Waals surface area contributed by atoms with Crippen LogP contribution >= 0.6 is 35.2 Å². The normalized spacial score (nSPS) is 14.6. The van der Waals surface area contributed by atoms with Crippen LogP contribution in [0.15, 0.2) is 47.5 Å². The second-order valence-electron chi connectivity index (χ2n) is 6.15. The van der Waals surface area contributed by atoms with Crippen LogP contribution in [-0.2, 0) is 0 Å². The maximum atomic E-state index is 10.8. The zero-order chi connectivity index (χ0) is 18.4. The summed E-state index contributed by atoms with van der Waals surface area (Å²) in [6, 6.07) is 13.5. The predicted octanol–water partition coefficient (Wildman–Crippen LogP) is 6.58. The van der Waals surface area contributed by atoms with Gasteiger partial charge in [0.1, 0.15) is 0 Å². The molecule has 1 N–H and O–H groups in total. The summed E-state index contributed by atoms with van der Waals surface area (Å²) in [6.45, 7) is 4.04. The first kappa shape index (κ1) is 17.2. The lowest BCUT2D eigenvalue weighted by molar-refractivity contribution is 0.441. The highest BCUT2D eigenvalue weighted by Crippen LogP contribution is 2.39. The van der Waals surface area contributed by atoms with Gasteiger partial charge in [-0.25, -0.2) is 0 Å². The lowest BCUT2D eigenvalue weighted by Crippen LogP contribution is -1.93. The molecular formula is C20H15ClN2OS2. The molecule has 2 aromatic carbocycles. The first-order valence-corrected chi connectivity index (χ1v) is 9.63. The van der Waals surface area contributed by atoms with E-state index in [4.69, 9.17) is 23.8 Å². The first-order valence-electron chi connectivity index (χ1n) is 8.03. The van der Waals surface area contributed by atoms with Gasteiger partial charge in [0.05, 0.1) is 16.3 Å². The first-order chi connectivity index (χ1) is 12.4. The average Bonchev–Trinajstić information content (AvgIpc) is 3.04. The molecule has 0 saturated heterocycles.